The van der Waals surface area contributed by atoms with Crippen LogP contribution in [-0.2, 0) is 25.6 Å². The number of carbonyl (C=O) groups is 4. The van der Waals surface area contributed by atoms with Crippen molar-refractivity contribution >= 4 is 29.7 Å². The normalized spacial score (nSPS) is 13.9. The Kier molecular flexibility index (Phi) is 15.8. The Balaban J connectivity index is 2.97. The van der Waals surface area contributed by atoms with Crippen LogP contribution in [-0.4, -0.2) is 77.1 Å². The molecule has 41 heavy (non-hydrogen) atoms. The van der Waals surface area contributed by atoms with Crippen LogP contribution in [0, 0.1) is 5.92 Å². The quantitative estimate of drug-likeness (QED) is 0.0551. The molecule has 230 valence electrons. The zero-order chi connectivity index (χ0) is 30.9. The fourth-order valence-electron chi connectivity index (χ4n) is 4.01. The second-order valence-corrected chi connectivity index (χ2v) is 10.4. The summed E-state index contributed by atoms with van der Waals surface area (Å²) in [5.74, 6) is -3.04. The summed E-state index contributed by atoms with van der Waals surface area (Å²) in [5.41, 5.74) is 22.8. The number of aromatic hydroxyl groups is 1. The fourth-order valence-corrected chi connectivity index (χ4v) is 4.01. The molecule has 0 bridgehead atoms. The van der Waals surface area contributed by atoms with Crippen LogP contribution in [0.25, 0.3) is 0 Å². The molecule has 0 aliphatic carbocycles. The number of rotatable bonds is 19. The van der Waals surface area contributed by atoms with Crippen molar-refractivity contribution in [2.24, 2.45) is 33.8 Å². The summed E-state index contributed by atoms with van der Waals surface area (Å²) in [6, 6.07) is 1.76. The molecular weight excluding hydrogens is 532 g/mol. The maximum absolute atomic E-state index is 13.3. The highest BCUT2D eigenvalue weighted by molar-refractivity contribution is 5.94. The van der Waals surface area contributed by atoms with Gasteiger partial charge in [0.05, 0.1) is 6.04 Å². The van der Waals surface area contributed by atoms with Gasteiger partial charge >= 0.3 is 5.97 Å². The number of nitrogens with two attached hydrogens (primary N) is 4. The number of carbonyl (C=O) groups excluding carboxylic acids is 3. The SMILES string of the molecule is CC(C)CC(NC(=O)C(N)CCCN=C(N)N)C(=O)NC(CCCCN)C(=O)NC(Cc1ccc(O)cc1)C(=O)O. The Labute approximate surface area is 240 Å². The molecule has 0 fully saturated rings. The van der Waals surface area contributed by atoms with E-state index in [1.165, 1.54) is 12.1 Å². The van der Waals surface area contributed by atoms with E-state index < -0.39 is 47.9 Å². The summed E-state index contributed by atoms with van der Waals surface area (Å²) in [6.07, 6.45) is 2.33. The molecule has 4 atom stereocenters. The molecule has 14 heteroatoms. The third-order valence-corrected chi connectivity index (χ3v) is 6.22. The first-order chi connectivity index (χ1) is 19.3. The molecular formula is C27H46N8O6. The van der Waals surface area contributed by atoms with Crippen LogP contribution in [0.3, 0.4) is 0 Å². The van der Waals surface area contributed by atoms with Crippen molar-refractivity contribution in [1.82, 2.24) is 16.0 Å². The van der Waals surface area contributed by atoms with Gasteiger partial charge < -0.3 is 49.1 Å². The first kappa shape index (κ1) is 35.1. The van der Waals surface area contributed by atoms with Crippen molar-refractivity contribution in [3.8, 4) is 5.75 Å². The van der Waals surface area contributed by atoms with E-state index in [4.69, 9.17) is 22.9 Å². The van der Waals surface area contributed by atoms with E-state index in [2.05, 4.69) is 20.9 Å². The Hall–Kier alpha value is -3.91. The molecule has 0 radical (unpaired) electrons. The summed E-state index contributed by atoms with van der Waals surface area (Å²) in [6.45, 7) is 4.46. The van der Waals surface area contributed by atoms with Crippen molar-refractivity contribution in [3.05, 3.63) is 29.8 Å². The number of unbranched alkanes of at least 4 members (excludes halogenated alkanes) is 1. The first-order valence-corrected chi connectivity index (χ1v) is 13.8. The minimum absolute atomic E-state index is 0.0235. The molecule has 1 rings (SSSR count). The monoisotopic (exact) mass is 578 g/mol. The van der Waals surface area contributed by atoms with Crippen LogP contribution >= 0.6 is 0 Å². The number of nitrogens with one attached hydrogen (secondary N) is 3. The van der Waals surface area contributed by atoms with Crippen molar-refractivity contribution < 1.29 is 29.4 Å². The summed E-state index contributed by atoms with van der Waals surface area (Å²) >= 11 is 0. The largest absolute Gasteiger partial charge is 0.508 e. The average molecular weight is 579 g/mol. The molecule has 1 aromatic rings. The van der Waals surface area contributed by atoms with Gasteiger partial charge in [0, 0.05) is 13.0 Å². The number of aliphatic carboxylic acids is 1. The van der Waals surface area contributed by atoms with Crippen LogP contribution in [0.15, 0.2) is 29.3 Å². The van der Waals surface area contributed by atoms with Crippen molar-refractivity contribution in [3.63, 3.8) is 0 Å². The molecule has 0 aromatic heterocycles. The van der Waals surface area contributed by atoms with E-state index in [1.807, 2.05) is 13.8 Å². The van der Waals surface area contributed by atoms with E-state index in [0.29, 0.717) is 44.3 Å². The molecule has 0 heterocycles. The van der Waals surface area contributed by atoms with Crippen LogP contribution < -0.4 is 38.9 Å². The van der Waals surface area contributed by atoms with E-state index in [1.54, 1.807) is 12.1 Å². The molecule has 0 saturated carbocycles. The number of nitrogens with zero attached hydrogens (tertiary/aromatic N) is 1. The number of carboxylic acid groups (broad SMARTS) is 1. The topological polar surface area (TPSA) is 261 Å². The predicted octanol–water partition coefficient (Wildman–Crippen LogP) is -0.970. The molecule has 4 unspecified atom stereocenters. The van der Waals surface area contributed by atoms with Gasteiger partial charge in [0.1, 0.15) is 23.9 Å². The Bertz CT molecular complexity index is 1010. The van der Waals surface area contributed by atoms with Gasteiger partial charge in [-0.2, -0.15) is 0 Å². The highest BCUT2D eigenvalue weighted by Crippen LogP contribution is 2.13. The standard InChI is InChI=1S/C27H46N8O6/c1-16(2)14-21(34-23(37)19(29)6-5-13-32-27(30)31)25(39)33-20(7-3-4-12-28)24(38)35-22(26(40)41)15-17-8-10-18(36)11-9-17/h8-11,16,19-22,36H,3-7,12-15,28-29H2,1-2H3,(H,33,39)(H,34,37)(H,35,38)(H,40,41)(H4,30,31,32). The van der Waals surface area contributed by atoms with Gasteiger partial charge in [-0.15, -0.1) is 0 Å². The summed E-state index contributed by atoms with van der Waals surface area (Å²) in [5, 5.41) is 27.1. The molecule has 0 spiro atoms. The van der Waals surface area contributed by atoms with E-state index in [9.17, 15) is 29.4 Å². The van der Waals surface area contributed by atoms with Crippen LogP contribution in [0.1, 0.15) is 57.9 Å². The van der Waals surface area contributed by atoms with E-state index in [-0.39, 0.29) is 36.9 Å². The molecule has 14 nitrogen and oxygen atoms in total. The van der Waals surface area contributed by atoms with Crippen molar-refractivity contribution in [2.75, 3.05) is 13.1 Å². The smallest absolute Gasteiger partial charge is 0.326 e. The molecule has 0 aliphatic heterocycles. The van der Waals surface area contributed by atoms with Gasteiger partial charge in [-0.1, -0.05) is 26.0 Å². The lowest BCUT2D eigenvalue weighted by Crippen LogP contribution is -2.57. The van der Waals surface area contributed by atoms with Gasteiger partial charge in [-0.3, -0.25) is 19.4 Å². The first-order valence-electron chi connectivity index (χ1n) is 13.8. The highest BCUT2D eigenvalue weighted by Gasteiger charge is 2.30. The minimum Gasteiger partial charge on any atom is -0.508 e. The van der Waals surface area contributed by atoms with Gasteiger partial charge in [-0.25, -0.2) is 4.79 Å². The Morgan fingerprint density at radius 3 is 2.00 bits per heavy atom. The second-order valence-electron chi connectivity index (χ2n) is 10.4. The highest BCUT2D eigenvalue weighted by atomic mass is 16.4. The number of phenolic OH excluding ortho intramolecular Hbond substituents is 1. The predicted molar refractivity (Wildman–Crippen MR) is 155 cm³/mol. The summed E-state index contributed by atoms with van der Waals surface area (Å²) in [7, 11) is 0. The molecule has 0 saturated heterocycles. The average Bonchev–Trinajstić information content (AvgIpc) is 2.90. The van der Waals surface area contributed by atoms with E-state index in [0.717, 1.165) is 0 Å². The number of hydrogen-bond donors (Lipinski definition) is 9. The third kappa shape index (κ3) is 14.3. The van der Waals surface area contributed by atoms with Crippen LogP contribution in [0.5, 0.6) is 5.75 Å². The second kappa shape index (κ2) is 18.4. The number of hydrogen-bond acceptors (Lipinski definition) is 8. The van der Waals surface area contributed by atoms with E-state index >= 15 is 0 Å². The number of carboxylic acids is 1. The summed E-state index contributed by atoms with van der Waals surface area (Å²) < 4.78 is 0. The lowest BCUT2D eigenvalue weighted by molar-refractivity contribution is -0.142. The van der Waals surface area contributed by atoms with Gasteiger partial charge in [0.25, 0.3) is 0 Å². The van der Waals surface area contributed by atoms with Gasteiger partial charge in [0.15, 0.2) is 5.96 Å². The number of guanidine groups is 1. The molecule has 13 N–H and O–H groups in total. The van der Waals surface area contributed by atoms with Gasteiger partial charge in [0.2, 0.25) is 17.7 Å². The lowest BCUT2D eigenvalue weighted by Gasteiger charge is -2.26. The maximum Gasteiger partial charge on any atom is 0.326 e. The minimum atomic E-state index is -1.27. The zero-order valence-electron chi connectivity index (χ0n) is 23.8. The van der Waals surface area contributed by atoms with Crippen LogP contribution in [0.4, 0.5) is 0 Å². The fraction of sp³-hybridized carbons (Fsp3) is 0.593. The molecule has 0 aliphatic rings. The number of aliphatic imine (C=N–C) groups is 1. The summed E-state index contributed by atoms with van der Waals surface area (Å²) in [4.78, 5) is 55.0. The Morgan fingerprint density at radius 2 is 1.44 bits per heavy atom. The number of benzene rings is 1. The lowest BCUT2D eigenvalue weighted by atomic mass is 10.0. The zero-order valence-corrected chi connectivity index (χ0v) is 23.8. The third-order valence-electron chi connectivity index (χ3n) is 6.22. The molecule has 3 amide bonds. The number of amides is 3. The number of phenols is 1. The van der Waals surface area contributed by atoms with Crippen LogP contribution in [0.2, 0.25) is 0 Å². The van der Waals surface area contributed by atoms with Crippen molar-refractivity contribution in [2.45, 2.75) is 83.0 Å². The molecule has 1 aromatic carbocycles. The maximum atomic E-state index is 13.3. The van der Waals surface area contributed by atoms with Gasteiger partial charge in [-0.05, 0) is 68.7 Å². The Morgan fingerprint density at radius 1 is 0.854 bits per heavy atom. The van der Waals surface area contributed by atoms with Crippen molar-refractivity contribution in [1.29, 1.82) is 0 Å².